The Balaban J connectivity index is 1.79. The summed E-state index contributed by atoms with van der Waals surface area (Å²) in [4.78, 5) is 4.44. The topological polar surface area (TPSA) is 48.2 Å². The average molecular weight is 359 g/mol. The standard InChI is InChI=1S/C17H15BrN2O2/c1-2-11-21-15-9-5-13(6-10-15)17-19-16(20-22-17)12-3-7-14(18)8-4-12/h3-10H,2,11H2,1H3. The molecule has 0 aliphatic heterocycles. The molecule has 2 aromatic carbocycles. The van der Waals surface area contributed by atoms with Crippen LogP contribution in [0.5, 0.6) is 5.75 Å². The van der Waals surface area contributed by atoms with Crippen LogP contribution in [0.4, 0.5) is 0 Å². The van der Waals surface area contributed by atoms with Crippen molar-refractivity contribution in [2.24, 2.45) is 0 Å². The second kappa shape index (κ2) is 6.75. The number of nitrogens with zero attached hydrogens (tertiary/aromatic N) is 2. The van der Waals surface area contributed by atoms with E-state index in [-0.39, 0.29) is 0 Å². The van der Waals surface area contributed by atoms with Gasteiger partial charge in [-0.1, -0.05) is 28.0 Å². The van der Waals surface area contributed by atoms with Crippen LogP contribution in [0.2, 0.25) is 0 Å². The highest BCUT2D eigenvalue weighted by Crippen LogP contribution is 2.25. The average Bonchev–Trinajstić information content (AvgIpc) is 3.04. The molecule has 0 aliphatic carbocycles. The molecule has 0 radical (unpaired) electrons. The van der Waals surface area contributed by atoms with E-state index in [0.717, 1.165) is 27.8 Å². The third-order valence-electron chi connectivity index (χ3n) is 3.10. The van der Waals surface area contributed by atoms with Crippen LogP contribution < -0.4 is 4.74 Å². The van der Waals surface area contributed by atoms with Gasteiger partial charge in [-0.15, -0.1) is 0 Å². The maximum Gasteiger partial charge on any atom is 0.258 e. The van der Waals surface area contributed by atoms with Crippen molar-refractivity contribution in [1.29, 1.82) is 0 Å². The molecule has 0 amide bonds. The highest BCUT2D eigenvalue weighted by Gasteiger charge is 2.10. The number of aromatic nitrogens is 2. The lowest BCUT2D eigenvalue weighted by molar-refractivity contribution is 0.317. The molecule has 22 heavy (non-hydrogen) atoms. The molecular weight excluding hydrogens is 344 g/mol. The summed E-state index contributed by atoms with van der Waals surface area (Å²) in [5.41, 5.74) is 1.79. The summed E-state index contributed by atoms with van der Waals surface area (Å²) < 4.78 is 11.9. The highest BCUT2D eigenvalue weighted by atomic mass is 79.9. The Bertz CT molecular complexity index is 736. The molecule has 0 aliphatic rings. The van der Waals surface area contributed by atoms with Gasteiger partial charge in [0.15, 0.2) is 0 Å². The maximum absolute atomic E-state index is 5.56. The van der Waals surface area contributed by atoms with E-state index in [1.807, 2.05) is 48.5 Å². The van der Waals surface area contributed by atoms with E-state index in [9.17, 15) is 0 Å². The zero-order valence-corrected chi connectivity index (χ0v) is 13.7. The molecule has 1 heterocycles. The predicted molar refractivity (Wildman–Crippen MR) is 88.7 cm³/mol. The number of halogens is 1. The lowest BCUT2D eigenvalue weighted by atomic mass is 10.2. The molecule has 0 unspecified atom stereocenters. The van der Waals surface area contributed by atoms with Crippen LogP contribution in [0.1, 0.15) is 13.3 Å². The zero-order valence-electron chi connectivity index (χ0n) is 12.1. The van der Waals surface area contributed by atoms with Crippen LogP contribution in [0.3, 0.4) is 0 Å². The first-order valence-corrected chi connectivity index (χ1v) is 7.88. The Hall–Kier alpha value is -2.14. The SMILES string of the molecule is CCCOc1ccc(-c2nc(-c3ccc(Br)cc3)no2)cc1. The minimum absolute atomic E-state index is 0.500. The lowest BCUT2D eigenvalue weighted by Gasteiger charge is -2.03. The van der Waals surface area contributed by atoms with Crippen LogP contribution in [0.25, 0.3) is 22.8 Å². The van der Waals surface area contributed by atoms with Gasteiger partial charge in [0, 0.05) is 15.6 Å². The van der Waals surface area contributed by atoms with E-state index < -0.39 is 0 Å². The summed E-state index contributed by atoms with van der Waals surface area (Å²) in [7, 11) is 0. The Labute approximate surface area is 137 Å². The van der Waals surface area contributed by atoms with E-state index in [4.69, 9.17) is 9.26 Å². The smallest absolute Gasteiger partial charge is 0.258 e. The van der Waals surface area contributed by atoms with E-state index >= 15 is 0 Å². The number of ether oxygens (including phenoxy) is 1. The quantitative estimate of drug-likeness (QED) is 0.646. The van der Waals surface area contributed by atoms with E-state index in [1.54, 1.807) is 0 Å². The van der Waals surface area contributed by atoms with Gasteiger partial charge in [-0.05, 0) is 55.0 Å². The molecule has 3 aromatic rings. The molecule has 0 bridgehead atoms. The van der Waals surface area contributed by atoms with Crippen LogP contribution in [0, 0.1) is 0 Å². The molecule has 0 fully saturated rings. The summed E-state index contributed by atoms with van der Waals surface area (Å²) >= 11 is 3.41. The van der Waals surface area contributed by atoms with Crippen molar-refractivity contribution in [2.45, 2.75) is 13.3 Å². The third kappa shape index (κ3) is 3.36. The van der Waals surface area contributed by atoms with E-state index in [1.165, 1.54) is 0 Å². The number of rotatable bonds is 5. The molecule has 1 aromatic heterocycles. The van der Waals surface area contributed by atoms with Crippen LogP contribution in [-0.2, 0) is 0 Å². The molecule has 0 saturated heterocycles. The Morgan fingerprint density at radius 2 is 1.68 bits per heavy atom. The molecule has 0 atom stereocenters. The first-order chi connectivity index (χ1) is 10.8. The Morgan fingerprint density at radius 1 is 1.00 bits per heavy atom. The van der Waals surface area contributed by atoms with Crippen molar-refractivity contribution >= 4 is 15.9 Å². The van der Waals surface area contributed by atoms with E-state index in [0.29, 0.717) is 18.3 Å². The van der Waals surface area contributed by atoms with Crippen molar-refractivity contribution in [2.75, 3.05) is 6.61 Å². The minimum Gasteiger partial charge on any atom is -0.494 e. The predicted octanol–water partition coefficient (Wildman–Crippen LogP) is 4.95. The van der Waals surface area contributed by atoms with Crippen molar-refractivity contribution in [3.63, 3.8) is 0 Å². The number of benzene rings is 2. The van der Waals surface area contributed by atoms with Crippen LogP contribution >= 0.6 is 15.9 Å². The van der Waals surface area contributed by atoms with Crippen molar-refractivity contribution in [3.05, 3.63) is 53.0 Å². The van der Waals surface area contributed by atoms with Crippen LogP contribution in [0.15, 0.2) is 57.5 Å². The monoisotopic (exact) mass is 358 g/mol. The summed E-state index contributed by atoms with van der Waals surface area (Å²) in [6.45, 7) is 2.80. The number of hydrogen-bond acceptors (Lipinski definition) is 4. The van der Waals surface area contributed by atoms with Gasteiger partial charge in [-0.2, -0.15) is 4.98 Å². The van der Waals surface area contributed by atoms with Gasteiger partial charge in [0.2, 0.25) is 5.82 Å². The molecule has 0 saturated carbocycles. The normalized spacial score (nSPS) is 10.6. The fourth-order valence-corrected chi connectivity index (χ4v) is 2.23. The molecule has 0 N–H and O–H groups in total. The maximum atomic E-state index is 5.56. The fourth-order valence-electron chi connectivity index (χ4n) is 1.97. The van der Waals surface area contributed by atoms with Gasteiger partial charge in [-0.3, -0.25) is 0 Å². The van der Waals surface area contributed by atoms with Crippen LogP contribution in [-0.4, -0.2) is 16.7 Å². The van der Waals surface area contributed by atoms with Crippen molar-refractivity contribution < 1.29 is 9.26 Å². The molecule has 3 rings (SSSR count). The summed E-state index contributed by atoms with van der Waals surface area (Å²) in [6.07, 6.45) is 0.988. The zero-order chi connectivity index (χ0) is 15.4. The number of hydrogen-bond donors (Lipinski definition) is 0. The van der Waals surface area contributed by atoms with E-state index in [2.05, 4.69) is 33.0 Å². The largest absolute Gasteiger partial charge is 0.494 e. The van der Waals surface area contributed by atoms with Gasteiger partial charge in [-0.25, -0.2) is 0 Å². The molecule has 4 nitrogen and oxygen atoms in total. The summed E-state index contributed by atoms with van der Waals surface area (Å²) in [5, 5.41) is 4.03. The minimum atomic E-state index is 0.500. The third-order valence-corrected chi connectivity index (χ3v) is 3.63. The van der Waals surface area contributed by atoms with Gasteiger partial charge in [0.25, 0.3) is 5.89 Å². The second-order valence-corrected chi connectivity index (χ2v) is 5.72. The van der Waals surface area contributed by atoms with Gasteiger partial charge in [0.05, 0.1) is 6.61 Å². The van der Waals surface area contributed by atoms with Gasteiger partial charge >= 0.3 is 0 Å². The molecule has 5 heteroatoms. The first kappa shape index (κ1) is 14.8. The van der Waals surface area contributed by atoms with Crippen molar-refractivity contribution in [1.82, 2.24) is 10.1 Å². The summed E-state index contributed by atoms with van der Waals surface area (Å²) in [6, 6.07) is 15.5. The van der Waals surface area contributed by atoms with Gasteiger partial charge < -0.3 is 9.26 Å². The fraction of sp³-hybridized carbons (Fsp3) is 0.176. The Kier molecular flexibility index (Phi) is 4.53. The summed E-state index contributed by atoms with van der Waals surface area (Å²) in [5.74, 6) is 1.92. The molecule has 112 valence electrons. The van der Waals surface area contributed by atoms with Crippen molar-refractivity contribution in [3.8, 4) is 28.6 Å². The van der Waals surface area contributed by atoms with Gasteiger partial charge in [0.1, 0.15) is 5.75 Å². The highest BCUT2D eigenvalue weighted by molar-refractivity contribution is 9.10. The Morgan fingerprint density at radius 3 is 2.36 bits per heavy atom. The molecular formula is C17H15BrN2O2. The molecule has 0 spiro atoms. The first-order valence-electron chi connectivity index (χ1n) is 7.09. The lowest BCUT2D eigenvalue weighted by Crippen LogP contribution is -1.94. The second-order valence-electron chi connectivity index (χ2n) is 4.80.